The predicted molar refractivity (Wildman–Crippen MR) is 139 cm³/mol. The number of methoxy groups -OCH3 is 1. The van der Waals surface area contributed by atoms with Crippen LogP contribution in [0.1, 0.15) is 42.6 Å². The number of hydrogen-bond donors (Lipinski definition) is 1. The van der Waals surface area contributed by atoms with Crippen molar-refractivity contribution in [1.82, 2.24) is 15.1 Å². The van der Waals surface area contributed by atoms with Gasteiger partial charge in [-0.05, 0) is 62.1 Å². The molecular weight excluding hydrogens is 456 g/mol. The van der Waals surface area contributed by atoms with Crippen LogP contribution in [0.5, 0.6) is 5.75 Å². The first-order valence-electron chi connectivity index (χ1n) is 12.5. The minimum atomic E-state index is -0.682. The highest BCUT2D eigenvalue weighted by molar-refractivity contribution is 5.98. The molecule has 8 heteroatoms. The number of hydrogen-bond acceptors (Lipinski definition) is 5. The zero-order valence-electron chi connectivity index (χ0n) is 21.8. The first-order valence-corrected chi connectivity index (χ1v) is 12.5. The number of nitrogens with zero attached hydrogens (tertiary/aromatic N) is 3. The normalized spacial score (nSPS) is 18.1. The fraction of sp³-hybridized carbons (Fsp3) is 0.464. The molecule has 0 aromatic heterocycles. The lowest BCUT2D eigenvalue weighted by molar-refractivity contribution is -0.139. The van der Waals surface area contributed by atoms with Gasteiger partial charge < -0.3 is 24.8 Å². The second kappa shape index (κ2) is 10.2. The van der Waals surface area contributed by atoms with Crippen molar-refractivity contribution in [2.45, 2.75) is 45.2 Å². The lowest BCUT2D eigenvalue weighted by Crippen LogP contribution is -2.60. The SMILES string of the molecule is COc1ccc(N2CN(C)C(=O)C23CCN(C(=O)C(NC(=O)c2cccc(C)c2)C(C)C)CC3)cc1. The third kappa shape index (κ3) is 4.76. The lowest BCUT2D eigenvalue weighted by Gasteiger charge is -2.44. The average molecular weight is 493 g/mol. The van der Waals surface area contributed by atoms with Gasteiger partial charge in [0.1, 0.15) is 17.3 Å². The maximum absolute atomic E-state index is 13.5. The second-order valence-electron chi connectivity index (χ2n) is 10.2. The number of ether oxygens (including phenoxy) is 1. The van der Waals surface area contributed by atoms with Crippen LogP contribution in [-0.2, 0) is 9.59 Å². The van der Waals surface area contributed by atoms with Gasteiger partial charge >= 0.3 is 0 Å². The molecule has 2 aromatic carbocycles. The number of aryl methyl sites for hydroxylation is 1. The number of carbonyl (C=O) groups excluding carboxylic acids is 3. The highest BCUT2D eigenvalue weighted by Gasteiger charge is 2.53. The summed E-state index contributed by atoms with van der Waals surface area (Å²) in [6.07, 6.45) is 1.06. The molecule has 36 heavy (non-hydrogen) atoms. The van der Waals surface area contributed by atoms with Crippen LogP contribution in [0, 0.1) is 12.8 Å². The third-order valence-corrected chi connectivity index (χ3v) is 7.40. The van der Waals surface area contributed by atoms with E-state index in [-0.39, 0.29) is 23.6 Å². The van der Waals surface area contributed by atoms with E-state index in [4.69, 9.17) is 4.74 Å². The Balaban J connectivity index is 1.48. The molecule has 0 saturated carbocycles. The Morgan fingerprint density at radius 3 is 2.31 bits per heavy atom. The molecule has 0 aliphatic carbocycles. The first-order chi connectivity index (χ1) is 17.2. The summed E-state index contributed by atoms with van der Waals surface area (Å²) in [6, 6.07) is 14.5. The number of likely N-dealkylation sites (tertiary alicyclic amines) is 1. The number of amides is 3. The van der Waals surface area contributed by atoms with Crippen molar-refractivity contribution in [1.29, 1.82) is 0 Å². The van der Waals surface area contributed by atoms with E-state index in [1.165, 1.54) is 0 Å². The van der Waals surface area contributed by atoms with Crippen LogP contribution in [0.4, 0.5) is 5.69 Å². The standard InChI is InChI=1S/C28H36N4O4/c1-19(2)24(29-25(33)21-8-6-7-20(3)17-21)26(34)31-15-13-28(14-16-31)27(35)30(4)18-32(28)22-9-11-23(36-5)12-10-22/h6-12,17,19,24H,13-16,18H2,1-5H3,(H,29,33). The molecule has 0 bridgehead atoms. The Kier molecular flexibility index (Phi) is 7.24. The van der Waals surface area contributed by atoms with Crippen LogP contribution in [0.3, 0.4) is 0 Å². The number of benzene rings is 2. The van der Waals surface area contributed by atoms with E-state index in [0.29, 0.717) is 38.2 Å². The predicted octanol–water partition coefficient (Wildman–Crippen LogP) is 3.06. The van der Waals surface area contributed by atoms with Gasteiger partial charge in [0.05, 0.1) is 13.8 Å². The van der Waals surface area contributed by atoms with Crippen LogP contribution in [-0.4, -0.2) is 73.0 Å². The first kappa shape index (κ1) is 25.5. The Bertz CT molecular complexity index is 1120. The van der Waals surface area contributed by atoms with Crippen LogP contribution < -0.4 is 15.0 Å². The number of nitrogens with one attached hydrogen (secondary N) is 1. The molecule has 0 radical (unpaired) electrons. The number of likely N-dealkylation sites (N-methyl/N-ethyl adjacent to an activating group) is 1. The van der Waals surface area contributed by atoms with E-state index in [1.807, 2.05) is 70.3 Å². The van der Waals surface area contributed by atoms with E-state index >= 15 is 0 Å². The fourth-order valence-electron chi connectivity index (χ4n) is 5.28. The summed E-state index contributed by atoms with van der Waals surface area (Å²) in [6.45, 7) is 7.21. The molecular formula is C28H36N4O4. The molecule has 2 aromatic rings. The largest absolute Gasteiger partial charge is 0.497 e. The third-order valence-electron chi connectivity index (χ3n) is 7.40. The van der Waals surface area contributed by atoms with Gasteiger partial charge in [-0.15, -0.1) is 0 Å². The zero-order valence-corrected chi connectivity index (χ0v) is 21.8. The van der Waals surface area contributed by atoms with Crippen molar-refractivity contribution in [2.75, 3.05) is 38.8 Å². The van der Waals surface area contributed by atoms with Crippen molar-refractivity contribution in [3.05, 3.63) is 59.7 Å². The molecule has 4 rings (SSSR count). The molecule has 1 spiro atoms. The number of rotatable bonds is 6. The molecule has 2 aliphatic heterocycles. The average Bonchev–Trinajstić information content (AvgIpc) is 3.12. The van der Waals surface area contributed by atoms with Gasteiger partial charge in [-0.3, -0.25) is 14.4 Å². The number of piperidine rings is 1. The monoisotopic (exact) mass is 492 g/mol. The Morgan fingerprint density at radius 1 is 1.06 bits per heavy atom. The lowest BCUT2D eigenvalue weighted by atomic mass is 9.85. The van der Waals surface area contributed by atoms with Crippen LogP contribution in [0.15, 0.2) is 48.5 Å². The Labute approximate surface area is 213 Å². The van der Waals surface area contributed by atoms with Crippen molar-refractivity contribution in [2.24, 2.45) is 5.92 Å². The molecule has 2 aliphatic rings. The van der Waals surface area contributed by atoms with Crippen molar-refractivity contribution < 1.29 is 19.1 Å². The smallest absolute Gasteiger partial charge is 0.251 e. The quantitative estimate of drug-likeness (QED) is 0.670. The highest BCUT2D eigenvalue weighted by Crippen LogP contribution is 2.39. The minimum absolute atomic E-state index is 0.0720. The van der Waals surface area contributed by atoms with Crippen molar-refractivity contribution in [3.63, 3.8) is 0 Å². The molecule has 1 unspecified atom stereocenters. The molecule has 8 nitrogen and oxygen atoms in total. The summed E-state index contributed by atoms with van der Waals surface area (Å²) in [7, 11) is 3.45. The molecule has 1 atom stereocenters. The Morgan fingerprint density at radius 2 is 1.72 bits per heavy atom. The summed E-state index contributed by atoms with van der Waals surface area (Å²) in [4.78, 5) is 45.4. The van der Waals surface area contributed by atoms with E-state index in [0.717, 1.165) is 17.0 Å². The summed E-state index contributed by atoms with van der Waals surface area (Å²) in [5.74, 6) is 0.420. The molecule has 2 saturated heterocycles. The van der Waals surface area contributed by atoms with Crippen molar-refractivity contribution in [3.8, 4) is 5.75 Å². The zero-order chi connectivity index (χ0) is 26.0. The maximum atomic E-state index is 13.5. The van der Waals surface area contributed by atoms with Gasteiger partial charge in [0.2, 0.25) is 11.8 Å². The van der Waals surface area contributed by atoms with Gasteiger partial charge in [-0.25, -0.2) is 0 Å². The summed E-state index contributed by atoms with van der Waals surface area (Å²) >= 11 is 0. The van der Waals surface area contributed by atoms with Gasteiger partial charge in [-0.1, -0.05) is 31.5 Å². The van der Waals surface area contributed by atoms with Gasteiger partial charge in [0, 0.05) is 31.4 Å². The molecule has 2 heterocycles. The number of anilines is 1. The summed E-state index contributed by atoms with van der Waals surface area (Å²) in [5, 5.41) is 2.95. The van der Waals surface area contributed by atoms with Crippen LogP contribution in [0.2, 0.25) is 0 Å². The van der Waals surface area contributed by atoms with Crippen LogP contribution in [0.25, 0.3) is 0 Å². The van der Waals surface area contributed by atoms with Gasteiger partial charge in [0.25, 0.3) is 5.91 Å². The minimum Gasteiger partial charge on any atom is -0.497 e. The molecule has 192 valence electrons. The maximum Gasteiger partial charge on any atom is 0.251 e. The summed E-state index contributed by atoms with van der Waals surface area (Å²) < 4.78 is 5.28. The van der Waals surface area contributed by atoms with E-state index in [9.17, 15) is 14.4 Å². The van der Waals surface area contributed by atoms with E-state index in [1.54, 1.807) is 23.0 Å². The van der Waals surface area contributed by atoms with E-state index in [2.05, 4.69) is 10.2 Å². The summed E-state index contributed by atoms with van der Waals surface area (Å²) in [5.41, 5.74) is 1.81. The molecule has 3 amide bonds. The molecule has 2 fully saturated rings. The van der Waals surface area contributed by atoms with Crippen LogP contribution >= 0.6 is 0 Å². The molecule has 1 N–H and O–H groups in total. The highest BCUT2D eigenvalue weighted by atomic mass is 16.5. The second-order valence-corrected chi connectivity index (χ2v) is 10.2. The Hall–Kier alpha value is -3.55. The van der Waals surface area contributed by atoms with E-state index < -0.39 is 11.6 Å². The topological polar surface area (TPSA) is 82.2 Å². The van der Waals surface area contributed by atoms with Gasteiger partial charge in [0.15, 0.2) is 0 Å². The number of carbonyl (C=O) groups is 3. The van der Waals surface area contributed by atoms with Gasteiger partial charge in [-0.2, -0.15) is 0 Å². The fourth-order valence-corrected chi connectivity index (χ4v) is 5.28. The van der Waals surface area contributed by atoms with Crippen molar-refractivity contribution >= 4 is 23.4 Å².